The van der Waals surface area contributed by atoms with Gasteiger partial charge in [0.15, 0.2) is 5.82 Å². The molecule has 2 bridgehead atoms. The van der Waals surface area contributed by atoms with Gasteiger partial charge in [-0.2, -0.15) is 0 Å². The van der Waals surface area contributed by atoms with Crippen molar-refractivity contribution in [3.8, 4) is 11.6 Å². The van der Waals surface area contributed by atoms with Crippen molar-refractivity contribution in [1.82, 2.24) is 10.3 Å². The minimum Gasteiger partial charge on any atom is -0.436 e. The van der Waals surface area contributed by atoms with Gasteiger partial charge < -0.3 is 10.1 Å². The number of amides is 1. The van der Waals surface area contributed by atoms with Gasteiger partial charge in [-0.15, -0.1) is 0 Å². The summed E-state index contributed by atoms with van der Waals surface area (Å²) in [6.45, 7) is 2.43. The Morgan fingerprint density at radius 1 is 1.14 bits per heavy atom. The van der Waals surface area contributed by atoms with Gasteiger partial charge in [-0.3, -0.25) is 4.79 Å². The van der Waals surface area contributed by atoms with Crippen molar-refractivity contribution in [2.45, 2.75) is 50.9 Å². The maximum absolute atomic E-state index is 14.3. The number of halogens is 1. The van der Waals surface area contributed by atoms with Gasteiger partial charge in [0.1, 0.15) is 5.75 Å². The topological polar surface area (TPSA) is 51.2 Å². The number of carbonyl (C=O) groups excluding carboxylic acids is 1. The number of carbonyl (C=O) groups is 1. The Morgan fingerprint density at radius 3 is 2.29 bits per heavy atom. The minimum absolute atomic E-state index is 0.124. The summed E-state index contributed by atoms with van der Waals surface area (Å²) in [5.74, 6) is 0.896. The van der Waals surface area contributed by atoms with E-state index in [0.29, 0.717) is 5.75 Å². The zero-order valence-electron chi connectivity index (χ0n) is 16.5. The van der Waals surface area contributed by atoms with Gasteiger partial charge in [-0.25, -0.2) is 9.37 Å². The van der Waals surface area contributed by atoms with E-state index in [1.807, 2.05) is 12.1 Å². The van der Waals surface area contributed by atoms with Crippen LogP contribution in [0.15, 0.2) is 36.5 Å². The number of aromatic nitrogens is 1. The molecule has 28 heavy (non-hydrogen) atoms. The van der Waals surface area contributed by atoms with Gasteiger partial charge in [0.2, 0.25) is 0 Å². The number of fused-ring (bicyclic) bond motifs is 2. The van der Waals surface area contributed by atoms with Crippen molar-refractivity contribution in [3.05, 3.63) is 53.5 Å². The fourth-order valence-electron chi connectivity index (χ4n) is 5.28. The van der Waals surface area contributed by atoms with E-state index < -0.39 is 5.82 Å². The third-order valence-electron chi connectivity index (χ3n) is 6.89. The van der Waals surface area contributed by atoms with Gasteiger partial charge in [0, 0.05) is 13.2 Å². The molecule has 2 fully saturated rings. The fraction of sp³-hybridized carbons (Fsp3) is 0.478. The first kappa shape index (κ1) is 18.9. The largest absolute Gasteiger partial charge is 0.436 e. The molecule has 1 aromatic heterocycles. The lowest BCUT2D eigenvalue weighted by Crippen LogP contribution is -2.45. The Hall–Kier alpha value is -2.43. The third kappa shape index (κ3) is 3.27. The molecule has 1 aromatic carbocycles. The molecule has 1 N–H and O–H groups in total. The van der Waals surface area contributed by atoms with Crippen molar-refractivity contribution in [1.29, 1.82) is 0 Å². The Labute approximate surface area is 165 Å². The predicted octanol–water partition coefficient (Wildman–Crippen LogP) is 5.23. The highest BCUT2D eigenvalue weighted by atomic mass is 19.1. The molecule has 1 heterocycles. The minimum atomic E-state index is -0.654. The lowest BCUT2D eigenvalue weighted by atomic mass is 9.53. The van der Waals surface area contributed by atoms with E-state index in [2.05, 4.69) is 29.4 Å². The molecule has 0 unspecified atom stereocenters. The van der Waals surface area contributed by atoms with Crippen molar-refractivity contribution in [3.63, 3.8) is 0 Å². The zero-order valence-corrected chi connectivity index (χ0v) is 16.5. The smallest absolute Gasteiger partial charge is 0.255 e. The fourth-order valence-corrected chi connectivity index (χ4v) is 5.28. The van der Waals surface area contributed by atoms with E-state index in [4.69, 9.17) is 4.74 Å². The van der Waals surface area contributed by atoms with E-state index in [1.54, 1.807) is 0 Å². The average Bonchev–Trinajstić information content (AvgIpc) is 2.69. The molecule has 5 heteroatoms. The number of hydrogen-bond acceptors (Lipinski definition) is 3. The van der Waals surface area contributed by atoms with Crippen LogP contribution in [0.2, 0.25) is 0 Å². The summed E-state index contributed by atoms with van der Waals surface area (Å²) in [5, 5.41) is 2.45. The second-order valence-electron chi connectivity index (χ2n) is 8.25. The van der Waals surface area contributed by atoms with Gasteiger partial charge in [-0.1, -0.05) is 31.9 Å². The first-order valence-corrected chi connectivity index (χ1v) is 10.2. The van der Waals surface area contributed by atoms with Crippen LogP contribution in [-0.4, -0.2) is 17.9 Å². The van der Waals surface area contributed by atoms with Crippen LogP contribution >= 0.6 is 0 Å². The van der Waals surface area contributed by atoms with Crippen molar-refractivity contribution < 1.29 is 13.9 Å². The zero-order chi connectivity index (χ0) is 19.7. The SMILES string of the molecule is CNC(=O)c1cnc(Oc2ccc(C3(C)C4CCCC3CCC4)cc2)c(F)c1. The second-order valence-corrected chi connectivity index (χ2v) is 8.25. The maximum Gasteiger partial charge on any atom is 0.255 e. The Kier molecular flexibility index (Phi) is 5.09. The van der Waals surface area contributed by atoms with Gasteiger partial charge in [0.05, 0.1) is 5.56 Å². The summed E-state index contributed by atoms with van der Waals surface area (Å²) in [7, 11) is 1.49. The molecule has 1 amide bonds. The van der Waals surface area contributed by atoms with E-state index in [-0.39, 0.29) is 22.8 Å². The molecule has 4 rings (SSSR count). The molecule has 2 aromatic rings. The Balaban J connectivity index is 1.53. The first-order chi connectivity index (χ1) is 13.5. The highest BCUT2D eigenvalue weighted by Crippen LogP contribution is 2.54. The van der Waals surface area contributed by atoms with Gasteiger partial charge >= 0.3 is 0 Å². The standard InChI is InChI=1S/C23H27FN2O2/c1-23(16-5-3-6-17(23)8-4-7-16)18-9-11-19(12-10-18)28-22-20(24)13-15(14-26-22)21(27)25-2/h9-14,16-17H,3-8H2,1-2H3,(H,25,27). The van der Waals surface area contributed by atoms with E-state index in [9.17, 15) is 9.18 Å². The Bertz CT molecular complexity index is 843. The van der Waals surface area contributed by atoms with Gasteiger partial charge in [0.25, 0.3) is 11.8 Å². The van der Waals surface area contributed by atoms with Crippen LogP contribution < -0.4 is 10.1 Å². The summed E-state index contributed by atoms with van der Waals surface area (Å²) >= 11 is 0. The molecule has 4 nitrogen and oxygen atoms in total. The van der Waals surface area contributed by atoms with E-state index in [1.165, 1.54) is 57.3 Å². The van der Waals surface area contributed by atoms with Crippen LogP contribution in [0.1, 0.15) is 61.4 Å². The predicted molar refractivity (Wildman–Crippen MR) is 106 cm³/mol. The molecule has 2 aliphatic rings. The quantitative estimate of drug-likeness (QED) is 0.788. The number of pyridine rings is 1. The summed E-state index contributed by atoms with van der Waals surface area (Å²) in [4.78, 5) is 15.5. The molecular formula is C23H27FN2O2. The summed E-state index contributed by atoms with van der Waals surface area (Å²) in [5.41, 5.74) is 1.75. The molecule has 148 valence electrons. The van der Waals surface area contributed by atoms with Crippen LogP contribution in [0.3, 0.4) is 0 Å². The molecule has 2 aliphatic carbocycles. The van der Waals surface area contributed by atoms with Gasteiger partial charge in [-0.05, 0) is 66.7 Å². The number of rotatable bonds is 4. The number of ether oxygens (including phenoxy) is 1. The average molecular weight is 382 g/mol. The van der Waals surface area contributed by atoms with E-state index in [0.717, 1.165) is 17.9 Å². The normalized spacial score (nSPS) is 26.5. The third-order valence-corrected chi connectivity index (χ3v) is 6.89. The Morgan fingerprint density at radius 2 is 1.75 bits per heavy atom. The molecule has 0 saturated heterocycles. The van der Waals surface area contributed by atoms with Crippen molar-refractivity contribution in [2.75, 3.05) is 7.05 Å². The second kappa shape index (κ2) is 7.53. The summed E-state index contributed by atoms with van der Waals surface area (Å²) in [6, 6.07) is 9.20. The number of benzene rings is 1. The number of nitrogens with one attached hydrogen (secondary N) is 1. The highest BCUT2D eigenvalue weighted by molar-refractivity contribution is 5.93. The lowest BCUT2D eigenvalue weighted by molar-refractivity contribution is 0.0666. The first-order valence-electron chi connectivity index (χ1n) is 10.2. The lowest BCUT2D eigenvalue weighted by Gasteiger charge is -2.52. The molecular weight excluding hydrogens is 355 g/mol. The van der Waals surface area contributed by atoms with Crippen molar-refractivity contribution >= 4 is 5.91 Å². The van der Waals surface area contributed by atoms with Crippen LogP contribution in [0.4, 0.5) is 4.39 Å². The summed E-state index contributed by atoms with van der Waals surface area (Å²) in [6.07, 6.45) is 9.29. The molecule has 0 spiro atoms. The highest BCUT2D eigenvalue weighted by Gasteiger charge is 2.46. The van der Waals surface area contributed by atoms with Crippen molar-refractivity contribution in [2.24, 2.45) is 11.8 Å². The van der Waals surface area contributed by atoms with Crippen LogP contribution in [0.5, 0.6) is 11.6 Å². The van der Waals surface area contributed by atoms with Crippen LogP contribution in [-0.2, 0) is 5.41 Å². The monoisotopic (exact) mass is 382 g/mol. The van der Waals surface area contributed by atoms with Crippen LogP contribution in [0.25, 0.3) is 0 Å². The summed E-state index contributed by atoms with van der Waals surface area (Å²) < 4.78 is 19.9. The molecule has 2 saturated carbocycles. The van der Waals surface area contributed by atoms with Crippen LogP contribution in [0, 0.1) is 17.7 Å². The van der Waals surface area contributed by atoms with E-state index >= 15 is 0 Å². The molecule has 0 aliphatic heterocycles. The number of nitrogens with zero attached hydrogens (tertiary/aromatic N) is 1. The maximum atomic E-state index is 14.3. The number of hydrogen-bond donors (Lipinski definition) is 1. The molecule has 0 atom stereocenters. The molecule has 0 radical (unpaired) electrons.